The first-order chi connectivity index (χ1) is 9.26. The fourth-order valence-electron chi connectivity index (χ4n) is 2.25. The van der Waals surface area contributed by atoms with Crippen LogP contribution >= 0.6 is 0 Å². The smallest absolute Gasteiger partial charge is 0.122 e. The molecule has 2 aromatic carbocycles. The topological polar surface area (TPSA) is 18.5 Å². The van der Waals surface area contributed by atoms with Crippen molar-refractivity contribution in [1.82, 2.24) is 0 Å². The zero-order chi connectivity index (χ0) is 13.7. The number of benzene rings is 2. The normalized spacial score (nSPS) is 11.9. The van der Waals surface area contributed by atoms with E-state index in [-0.39, 0.29) is 5.92 Å². The van der Waals surface area contributed by atoms with Crippen LogP contribution in [0.15, 0.2) is 48.5 Å². The van der Waals surface area contributed by atoms with Gasteiger partial charge in [0.25, 0.3) is 0 Å². The zero-order valence-electron chi connectivity index (χ0n) is 11.4. The highest BCUT2D eigenvalue weighted by Crippen LogP contribution is 2.30. The number of ether oxygens (including phenoxy) is 2. The van der Waals surface area contributed by atoms with E-state index in [0.717, 1.165) is 29.0 Å². The monoisotopic (exact) mass is 255 g/mol. The van der Waals surface area contributed by atoms with Crippen molar-refractivity contribution >= 4 is 0 Å². The Morgan fingerprint density at radius 1 is 0.895 bits per heavy atom. The standard InChI is InChI=1S/C17H19O2/c1-13(15-9-5-7-11-17(15)19-3)12-14-8-4-6-10-16(14)18-2/h4-11,13H,1,12H2,2-3H3. The van der Waals surface area contributed by atoms with E-state index < -0.39 is 0 Å². The second kappa shape index (κ2) is 6.28. The quantitative estimate of drug-likeness (QED) is 0.807. The molecule has 1 unspecified atom stereocenters. The summed E-state index contributed by atoms with van der Waals surface area (Å²) in [5, 5.41) is 0. The Hall–Kier alpha value is -1.96. The first-order valence-corrected chi connectivity index (χ1v) is 6.34. The predicted octanol–water partition coefficient (Wildman–Crippen LogP) is 3.86. The number of hydrogen-bond acceptors (Lipinski definition) is 2. The SMILES string of the molecule is [CH2]C(Cc1ccccc1OC)c1ccccc1OC. The van der Waals surface area contributed by atoms with Crippen molar-refractivity contribution in [3.8, 4) is 11.5 Å². The second-order valence-electron chi connectivity index (χ2n) is 4.45. The van der Waals surface area contributed by atoms with Crippen molar-refractivity contribution in [2.75, 3.05) is 14.2 Å². The first-order valence-electron chi connectivity index (χ1n) is 6.34. The molecule has 0 fully saturated rings. The van der Waals surface area contributed by atoms with Gasteiger partial charge in [0, 0.05) is 0 Å². The summed E-state index contributed by atoms with van der Waals surface area (Å²) < 4.78 is 10.8. The van der Waals surface area contributed by atoms with Crippen LogP contribution in [0.5, 0.6) is 11.5 Å². The van der Waals surface area contributed by atoms with Crippen LogP contribution in [0.3, 0.4) is 0 Å². The maximum atomic E-state index is 5.39. The van der Waals surface area contributed by atoms with Crippen LogP contribution in [0.4, 0.5) is 0 Å². The van der Waals surface area contributed by atoms with Gasteiger partial charge in [-0.3, -0.25) is 0 Å². The van der Waals surface area contributed by atoms with E-state index in [1.54, 1.807) is 14.2 Å². The fourth-order valence-corrected chi connectivity index (χ4v) is 2.25. The molecule has 2 rings (SSSR count). The average molecular weight is 255 g/mol. The lowest BCUT2D eigenvalue weighted by Gasteiger charge is -2.17. The minimum Gasteiger partial charge on any atom is -0.496 e. The molecule has 2 aromatic rings. The Balaban J connectivity index is 2.23. The molecule has 0 aliphatic carbocycles. The van der Waals surface area contributed by atoms with Crippen molar-refractivity contribution in [2.24, 2.45) is 0 Å². The van der Waals surface area contributed by atoms with E-state index in [4.69, 9.17) is 9.47 Å². The van der Waals surface area contributed by atoms with E-state index in [2.05, 4.69) is 19.1 Å². The molecular formula is C17H19O2. The highest BCUT2D eigenvalue weighted by Gasteiger charge is 2.13. The van der Waals surface area contributed by atoms with Crippen molar-refractivity contribution in [3.05, 3.63) is 66.6 Å². The molecule has 99 valence electrons. The van der Waals surface area contributed by atoms with Crippen LogP contribution in [0, 0.1) is 6.92 Å². The van der Waals surface area contributed by atoms with Crippen LogP contribution in [-0.4, -0.2) is 14.2 Å². The largest absolute Gasteiger partial charge is 0.496 e. The van der Waals surface area contributed by atoms with Crippen LogP contribution in [-0.2, 0) is 6.42 Å². The Kier molecular flexibility index (Phi) is 4.45. The van der Waals surface area contributed by atoms with Crippen molar-refractivity contribution in [3.63, 3.8) is 0 Å². The summed E-state index contributed by atoms with van der Waals surface area (Å²) in [4.78, 5) is 0. The summed E-state index contributed by atoms with van der Waals surface area (Å²) >= 11 is 0. The van der Waals surface area contributed by atoms with Crippen molar-refractivity contribution in [1.29, 1.82) is 0 Å². The maximum absolute atomic E-state index is 5.39. The maximum Gasteiger partial charge on any atom is 0.122 e. The molecule has 2 heteroatoms. The lowest BCUT2D eigenvalue weighted by molar-refractivity contribution is 0.403. The van der Waals surface area contributed by atoms with Gasteiger partial charge in [-0.2, -0.15) is 0 Å². The van der Waals surface area contributed by atoms with Gasteiger partial charge in [-0.25, -0.2) is 0 Å². The molecule has 0 spiro atoms. The van der Waals surface area contributed by atoms with E-state index in [9.17, 15) is 0 Å². The predicted molar refractivity (Wildman–Crippen MR) is 77.8 cm³/mol. The molecule has 0 bridgehead atoms. The van der Waals surface area contributed by atoms with Gasteiger partial charge in [0.1, 0.15) is 11.5 Å². The third-order valence-corrected chi connectivity index (χ3v) is 3.24. The van der Waals surface area contributed by atoms with Crippen LogP contribution < -0.4 is 9.47 Å². The lowest BCUT2D eigenvalue weighted by atomic mass is 9.92. The fraction of sp³-hybridized carbons (Fsp3) is 0.235. The third-order valence-electron chi connectivity index (χ3n) is 3.24. The van der Waals surface area contributed by atoms with Gasteiger partial charge in [0.05, 0.1) is 14.2 Å². The molecule has 0 saturated heterocycles. The van der Waals surface area contributed by atoms with E-state index >= 15 is 0 Å². The van der Waals surface area contributed by atoms with Gasteiger partial charge in [-0.15, -0.1) is 0 Å². The molecule has 0 saturated carbocycles. The average Bonchev–Trinajstić information content (AvgIpc) is 2.47. The Labute approximate surface area is 115 Å². The summed E-state index contributed by atoms with van der Waals surface area (Å²) in [6.07, 6.45) is 0.824. The Morgan fingerprint density at radius 3 is 2.16 bits per heavy atom. The minimum absolute atomic E-state index is 0.132. The number of para-hydroxylation sites is 2. The third kappa shape index (κ3) is 3.08. The highest BCUT2D eigenvalue weighted by molar-refractivity contribution is 5.40. The van der Waals surface area contributed by atoms with E-state index in [1.165, 1.54) is 0 Å². The van der Waals surface area contributed by atoms with E-state index in [1.807, 2.05) is 36.4 Å². The highest BCUT2D eigenvalue weighted by atomic mass is 16.5. The Morgan fingerprint density at radius 2 is 1.47 bits per heavy atom. The van der Waals surface area contributed by atoms with Crippen LogP contribution in [0.25, 0.3) is 0 Å². The molecular weight excluding hydrogens is 236 g/mol. The summed E-state index contributed by atoms with van der Waals surface area (Å²) in [6, 6.07) is 16.1. The van der Waals surface area contributed by atoms with Gasteiger partial charge < -0.3 is 9.47 Å². The summed E-state index contributed by atoms with van der Waals surface area (Å²) in [7, 11) is 3.38. The van der Waals surface area contributed by atoms with Crippen molar-refractivity contribution < 1.29 is 9.47 Å². The number of hydrogen-bond donors (Lipinski definition) is 0. The molecule has 0 amide bonds. The molecule has 0 aliphatic heterocycles. The first kappa shape index (κ1) is 13.5. The minimum atomic E-state index is 0.132. The van der Waals surface area contributed by atoms with Gasteiger partial charge >= 0.3 is 0 Å². The molecule has 0 aromatic heterocycles. The van der Waals surface area contributed by atoms with Gasteiger partial charge in [0.2, 0.25) is 0 Å². The molecule has 0 heterocycles. The molecule has 19 heavy (non-hydrogen) atoms. The number of rotatable bonds is 5. The molecule has 1 atom stereocenters. The zero-order valence-corrected chi connectivity index (χ0v) is 11.4. The molecule has 0 aliphatic rings. The molecule has 1 radical (unpaired) electrons. The summed E-state index contributed by atoms with van der Waals surface area (Å²) in [5.74, 6) is 1.93. The van der Waals surface area contributed by atoms with Gasteiger partial charge in [0.15, 0.2) is 0 Å². The van der Waals surface area contributed by atoms with Gasteiger partial charge in [-0.05, 0) is 42.5 Å². The number of methoxy groups -OCH3 is 2. The van der Waals surface area contributed by atoms with Crippen LogP contribution in [0.1, 0.15) is 17.0 Å². The summed E-state index contributed by atoms with van der Waals surface area (Å²) in [5.41, 5.74) is 2.28. The molecule has 2 nitrogen and oxygen atoms in total. The Bertz CT molecular complexity index is 534. The van der Waals surface area contributed by atoms with Crippen molar-refractivity contribution in [2.45, 2.75) is 12.3 Å². The van der Waals surface area contributed by atoms with Gasteiger partial charge in [-0.1, -0.05) is 36.4 Å². The lowest BCUT2D eigenvalue weighted by Crippen LogP contribution is -2.03. The second-order valence-corrected chi connectivity index (χ2v) is 4.45. The summed E-state index contributed by atoms with van der Waals surface area (Å²) in [6.45, 7) is 4.25. The van der Waals surface area contributed by atoms with Crippen LogP contribution in [0.2, 0.25) is 0 Å². The molecule has 0 N–H and O–H groups in total. The van der Waals surface area contributed by atoms with E-state index in [0.29, 0.717) is 0 Å².